The zero-order chi connectivity index (χ0) is 10.2. The standard InChI is InChI=1S/C10H17NO3/c1-11-4-2-3-8(5-11)10(9(12)13)6-14-7-10/h8H,2-7H2,1H3,(H,12,13). The molecule has 1 N–H and O–H groups in total. The zero-order valence-corrected chi connectivity index (χ0v) is 8.53. The number of hydrogen-bond acceptors (Lipinski definition) is 3. The lowest BCUT2D eigenvalue weighted by atomic mass is 9.70. The summed E-state index contributed by atoms with van der Waals surface area (Å²) >= 11 is 0. The molecule has 0 aromatic rings. The summed E-state index contributed by atoms with van der Waals surface area (Å²) in [4.78, 5) is 13.4. The highest BCUT2D eigenvalue weighted by molar-refractivity contribution is 5.76. The molecule has 4 heteroatoms. The van der Waals surface area contributed by atoms with Gasteiger partial charge in [-0.15, -0.1) is 0 Å². The van der Waals surface area contributed by atoms with E-state index >= 15 is 0 Å². The van der Waals surface area contributed by atoms with Gasteiger partial charge in [-0.3, -0.25) is 4.79 Å². The van der Waals surface area contributed by atoms with Gasteiger partial charge < -0.3 is 14.7 Å². The highest BCUT2D eigenvalue weighted by Gasteiger charge is 2.52. The first-order valence-electron chi connectivity index (χ1n) is 5.15. The summed E-state index contributed by atoms with van der Waals surface area (Å²) < 4.78 is 5.09. The van der Waals surface area contributed by atoms with Crippen molar-refractivity contribution >= 4 is 5.97 Å². The van der Waals surface area contributed by atoms with Crippen LogP contribution in [0, 0.1) is 11.3 Å². The number of carboxylic acids is 1. The van der Waals surface area contributed by atoms with Gasteiger partial charge in [0, 0.05) is 6.54 Å². The van der Waals surface area contributed by atoms with Crippen molar-refractivity contribution < 1.29 is 14.6 Å². The molecule has 2 aliphatic rings. The van der Waals surface area contributed by atoms with Gasteiger partial charge in [-0.1, -0.05) is 0 Å². The quantitative estimate of drug-likeness (QED) is 0.700. The van der Waals surface area contributed by atoms with E-state index in [1.165, 1.54) is 0 Å². The molecule has 4 nitrogen and oxygen atoms in total. The Balaban J connectivity index is 2.07. The van der Waals surface area contributed by atoms with E-state index in [1.807, 2.05) is 0 Å². The molecule has 0 aromatic heterocycles. The Hall–Kier alpha value is -0.610. The first kappa shape index (κ1) is 9.93. The van der Waals surface area contributed by atoms with Crippen LogP contribution in [0.3, 0.4) is 0 Å². The molecule has 2 aliphatic heterocycles. The molecule has 1 unspecified atom stereocenters. The van der Waals surface area contributed by atoms with Crippen molar-refractivity contribution in [3.63, 3.8) is 0 Å². The number of aliphatic carboxylic acids is 1. The summed E-state index contributed by atoms with van der Waals surface area (Å²) in [5.74, 6) is -0.406. The maximum atomic E-state index is 11.2. The molecule has 0 saturated carbocycles. The predicted molar refractivity (Wildman–Crippen MR) is 51.1 cm³/mol. The first-order chi connectivity index (χ1) is 6.65. The normalized spacial score (nSPS) is 32.2. The van der Waals surface area contributed by atoms with E-state index in [0.29, 0.717) is 13.2 Å². The SMILES string of the molecule is CN1CCCC(C2(C(=O)O)COC2)C1. The third-order valence-electron chi connectivity index (χ3n) is 3.55. The second-order valence-corrected chi connectivity index (χ2v) is 4.56. The molecule has 0 bridgehead atoms. The molecule has 1 atom stereocenters. The summed E-state index contributed by atoms with van der Waals surface area (Å²) in [6.07, 6.45) is 2.14. The van der Waals surface area contributed by atoms with Gasteiger partial charge in [0.25, 0.3) is 0 Å². The average molecular weight is 199 g/mol. The number of piperidine rings is 1. The van der Waals surface area contributed by atoms with Crippen molar-refractivity contribution in [2.45, 2.75) is 12.8 Å². The van der Waals surface area contributed by atoms with Crippen LogP contribution in [0.1, 0.15) is 12.8 Å². The van der Waals surface area contributed by atoms with Crippen molar-refractivity contribution in [1.29, 1.82) is 0 Å². The lowest BCUT2D eigenvalue weighted by molar-refractivity contribution is -0.195. The fraction of sp³-hybridized carbons (Fsp3) is 0.900. The minimum absolute atomic E-state index is 0.271. The molecular weight excluding hydrogens is 182 g/mol. The molecule has 14 heavy (non-hydrogen) atoms. The molecule has 80 valence electrons. The van der Waals surface area contributed by atoms with E-state index < -0.39 is 11.4 Å². The van der Waals surface area contributed by atoms with Gasteiger partial charge in [0.15, 0.2) is 0 Å². The maximum absolute atomic E-state index is 11.2. The molecule has 2 heterocycles. The molecule has 2 saturated heterocycles. The summed E-state index contributed by atoms with van der Waals surface area (Å²) in [6.45, 7) is 2.80. The molecule has 2 fully saturated rings. The molecular formula is C10H17NO3. The molecule has 0 radical (unpaired) electrons. The highest BCUT2D eigenvalue weighted by atomic mass is 16.5. The van der Waals surface area contributed by atoms with Crippen molar-refractivity contribution in [3.05, 3.63) is 0 Å². The Labute approximate surface area is 83.8 Å². The van der Waals surface area contributed by atoms with Crippen molar-refractivity contribution in [2.24, 2.45) is 11.3 Å². The number of nitrogens with zero attached hydrogens (tertiary/aromatic N) is 1. The van der Waals surface area contributed by atoms with E-state index in [-0.39, 0.29) is 5.92 Å². The number of likely N-dealkylation sites (tertiary alicyclic amines) is 1. The van der Waals surface area contributed by atoms with E-state index in [1.54, 1.807) is 0 Å². The molecule has 0 amide bonds. The second-order valence-electron chi connectivity index (χ2n) is 4.56. The molecule has 2 rings (SSSR count). The van der Waals surface area contributed by atoms with Crippen LogP contribution in [0.5, 0.6) is 0 Å². The summed E-state index contributed by atoms with van der Waals surface area (Å²) in [6, 6.07) is 0. The van der Waals surface area contributed by atoms with Crippen LogP contribution in [-0.4, -0.2) is 49.3 Å². The summed E-state index contributed by atoms with van der Waals surface area (Å²) in [7, 11) is 2.06. The highest BCUT2D eigenvalue weighted by Crippen LogP contribution is 2.40. The lowest BCUT2D eigenvalue weighted by Crippen LogP contribution is -2.57. The van der Waals surface area contributed by atoms with E-state index in [2.05, 4.69) is 11.9 Å². The predicted octanol–water partition coefficient (Wildman–Crippen LogP) is 0.429. The molecule has 0 aliphatic carbocycles. The minimum Gasteiger partial charge on any atom is -0.481 e. The van der Waals surface area contributed by atoms with Crippen LogP contribution in [0.25, 0.3) is 0 Å². The summed E-state index contributed by atoms with van der Waals surface area (Å²) in [5, 5.41) is 9.22. The second kappa shape index (κ2) is 3.51. The third kappa shape index (κ3) is 1.42. The average Bonchev–Trinajstić information content (AvgIpc) is 2.00. The van der Waals surface area contributed by atoms with Gasteiger partial charge in [-0.25, -0.2) is 0 Å². The first-order valence-corrected chi connectivity index (χ1v) is 5.15. The number of carboxylic acid groups (broad SMARTS) is 1. The molecule has 0 aromatic carbocycles. The van der Waals surface area contributed by atoms with E-state index in [4.69, 9.17) is 4.74 Å². The van der Waals surface area contributed by atoms with Crippen molar-refractivity contribution in [1.82, 2.24) is 4.90 Å². The Kier molecular flexibility index (Phi) is 2.49. The Morgan fingerprint density at radius 3 is 2.71 bits per heavy atom. The summed E-state index contributed by atoms with van der Waals surface area (Å²) in [5.41, 5.74) is -0.575. The van der Waals surface area contributed by atoms with Crippen molar-refractivity contribution in [2.75, 3.05) is 33.4 Å². The molecule has 0 spiro atoms. The number of hydrogen-bond donors (Lipinski definition) is 1. The number of rotatable bonds is 2. The fourth-order valence-corrected chi connectivity index (χ4v) is 2.47. The lowest BCUT2D eigenvalue weighted by Gasteiger charge is -2.46. The van der Waals surface area contributed by atoms with Gasteiger partial charge in [0.2, 0.25) is 0 Å². The largest absolute Gasteiger partial charge is 0.481 e. The minimum atomic E-state index is -0.677. The number of carbonyl (C=O) groups is 1. The van der Waals surface area contributed by atoms with Gasteiger partial charge >= 0.3 is 5.97 Å². The maximum Gasteiger partial charge on any atom is 0.314 e. The van der Waals surface area contributed by atoms with Gasteiger partial charge in [-0.05, 0) is 32.4 Å². The van der Waals surface area contributed by atoms with Crippen molar-refractivity contribution in [3.8, 4) is 0 Å². The smallest absolute Gasteiger partial charge is 0.314 e. The Bertz CT molecular complexity index is 238. The fourth-order valence-electron chi connectivity index (χ4n) is 2.47. The van der Waals surface area contributed by atoms with Crippen LogP contribution in [0.2, 0.25) is 0 Å². The van der Waals surface area contributed by atoms with Crippen LogP contribution in [0.15, 0.2) is 0 Å². The topological polar surface area (TPSA) is 49.8 Å². The van der Waals surface area contributed by atoms with E-state index in [9.17, 15) is 9.90 Å². The van der Waals surface area contributed by atoms with Gasteiger partial charge in [-0.2, -0.15) is 0 Å². The zero-order valence-electron chi connectivity index (χ0n) is 8.53. The van der Waals surface area contributed by atoms with E-state index in [0.717, 1.165) is 25.9 Å². The monoisotopic (exact) mass is 199 g/mol. The Morgan fingerprint density at radius 1 is 1.57 bits per heavy atom. The van der Waals surface area contributed by atoms with Gasteiger partial charge in [0.05, 0.1) is 13.2 Å². The number of ether oxygens (including phenoxy) is 1. The van der Waals surface area contributed by atoms with Crippen LogP contribution in [-0.2, 0) is 9.53 Å². The van der Waals surface area contributed by atoms with Crippen LogP contribution < -0.4 is 0 Å². The van der Waals surface area contributed by atoms with Gasteiger partial charge in [0.1, 0.15) is 5.41 Å². The van der Waals surface area contributed by atoms with Crippen LogP contribution >= 0.6 is 0 Å². The Morgan fingerprint density at radius 2 is 2.29 bits per heavy atom. The third-order valence-corrected chi connectivity index (χ3v) is 3.55. The van der Waals surface area contributed by atoms with Crippen LogP contribution in [0.4, 0.5) is 0 Å².